The number of carboxylic acids is 2. The Balaban J connectivity index is 0. The summed E-state index contributed by atoms with van der Waals surface area (Å²) in [5, 5.41) is 25.9. The molecule has 64 heavy (non-hydrogen) atoms. The van der Waals surface area contributed by atoms with Gasteiger partial charge in [-0.3, -0.25) is 28.8 Å². The standard InChI is InChI=1S/C28H51NO7.C19H37N3O6/c1-2-36-23-17-18-24(30)21-22-25(28(34)35)29-26(31)19-15-13-11-9-7-5-3-4-6-8-10-12-14-16-20-27(32)33;1-3-16(17(23)13-20)7-5-6-8-21-19(25)15-28-12-11-27-10-9-22-18(24)14-26-4-2/h25H,2-23H2,1H3,(H,29,31)(H,32,33)(H,34,35);16H,3-15,20H2,1-2H3,(H,21,25)(H,22,24)/t25-;16-/m00/s1. The average molecular weight is 917 g/mol. The van der Waals surface area contributed by atoms with E-state index in [2.05, 4.69) is 16.0 Å². The molecule has 0 unspecified atom stereocenters. The van der Waals surface area contributed by atoms with E-state index in [-0.39, 0.29) is 74.2 Å². The van der Waals surface area contributed by atoms with Crippen LogP contribution in [0.15, 0.2) is 0 Å². The molecule has 0 saturated carbocycles. The second kappa shape index (κ2) is 47.5. The zero-order valence-corrected chi connectivity index (χ0v) is 39.9. The molecule has 0 spiro atoms. The first-order valence-electron chi connectivity index (χ1n) is 24.2. The third-order valence-corrected chi connectivity index (χ3v) is 10.4. The maximum absolute atomic E-state index is 12.1. The number of unbranched alkanes of at least 4 members (excludes halogenated alkanes) is 14. The Labute approximate surface area is 384 Å². The third kappa shape index (κ3) is 45.1. The van der Waals surface area contributed by atoms with E-state index in [0.717, 1.165) is 70.6 Å². The van der Waals surface area contributed by atoms with Crippen LogP contribution in [0, 0.1) is 5.92 Å². The van der Waals surface area contributed by atoms with Gasteiger partial charge in [0, 0.05) is 64.5 Å². The molecule has 0 saturated heterocycles. The summed E-state index contributed by atoms with van der Waals surface area (Å²) in [6.07, 6.45) is 20.8. The first-order valence-corrected chi connectivity index (χ1v) is 24.2. The molecular weight excluding hydrogens is 829 g/mol. The average Bonchev–Trinajstić information content (AvgIpc) is 3.27. The molecule has 0 aliphatic rings. The quantitative estimate of drug-likeness (QED) is 0.0380. The number of amides is 3. The minimum absolute atomic E-state index is 0.000154. The van der Waals surface area contributed by atoms with Gasteiger partial charge in [0.15, 0.2) is 0 Å². The van der Waals surface area contributed by atoms with Gasteiger partial charge < -0.3 is 50.8 Å². The highest BCUT2D eigenvalue weighted by Crippen LogP contribution is 2.15. The Morgan fingerprint density at radius 1 is 0.500 bits per heavy atom. The number of Topliss-reactive ketones (excluding diaryl/α,β-unsaturated/α-hetero) is 2. The van der Waals surface area contributed by atoms with Gasteiger partial charge in [0.05, 0.1) is 26.4 Å². The fraction of sp³-hybridized carbons (Fsp3) is 0.851. The van der Waals surface area contributed by atoms with Gasteiger partial charge in [-0.2, -0.15) is 0 Å². The Morgan fingerprint density at radius 2 is 1.03 bits per heavy atom. The summed E-state index contributed by atoms with van der Waals surface area (Å²) >= 11 is 0. The number of aliphatic carboxylic acids is 2. The Morgan fingerprint density at radius 3 is 1.56 bits per heavy atom. The molecule has 17 heteroatoms. The molecule has 17 nitrogen and oxygen atoms in total. The first-order chi connectivity index (χ1) is 30.9. The van der Waals surface area contributed by atoms with Gasteiger partial charge in [0.25, 0.3) is 0 Å². The molecule has 0 rings (SSSR count). The number of ketones is 2. The molecule has 0 aromatic carbocycles. The monoisotopic (exact) mass is 917 g/mol. The molecule has 374 valence electrons. The summed E-state index contributed by atoms with van der Waals surface area (Å²) in [6.45, 7) is 9.48. The molecule has 2 atom stereocenters. The van der Waals surface area contributed by atoms with Gasteiger partial charge in [-0.1, -0.05) is 90.4 Å². The van der Waals surface area contributed by atoms with Crippen LogP contribution in [0.2, 0.25) is 0 Å². The number of ether oxygens (including phenoxy) is 4. The van der Waals surface area contributed by atoms with Crippen LogP contribution in [0.25, 0.3) is 0 Å². The molecule has 7 N–H and O–H groups in total. The number of hydrogen-bond acceptors (Lipinski definition) is 12. The summed E-state index contributed by atoms with van der Waals surface area (Å²) in [6, 6.07) is -1.01. The van der Waals surface area contributed by atoms with E-state index in [4.69, 9.17) is 29.8 Å². The van der Waals surface area contributed by atoms with Gasteiger partial charge >= 0.3 is 11.9 Å². The molecule has 0 aliphatic heterocycles. The summed E-state index contributed by atoms with van der Waals surface area (Å²) in [5.41, 5.74) is 5.39. The molecule has 0 aromatic heterocycles. The predicted octanol–water partition coefficient (Wildman–Crippen LogP) is 6.06. The van der Waals surface area contributed by atoms with Crippen LogP contribution in [0.1, 0.15) is 175 Å². The van der Waals surface area contributed by atoms with Crippen LogP contribution in [-0.4, -0.2) is 130 Å². The van der Waals surface area contributed by atoms with Crippen molar-refractivity contribution < 1.29 is 62.7 Å². The van der Waals surface area contributed by atoms with E-state index in [1.54, 1.807) is 0 Å². The second-order valence-electron chi connectivity index (χ2n) is 16.0. The lowest BCUT2D eigenvalue weighted by atomic mass is 9.95. The van der Waals surface area contributed by atoms with Crippen molar-refractivity contribution in [2.45, 2.75) is 181 Å². The number of hydrogen-bond donors (Lipinski definition) is 6. The molecule has 0 aromatic rings. The van der Waals surface area contributed by atoms with Crippen molar-refractivity contribution in [3.8, 4) is 0 Å². The van der Waals surface area contributed by atoms with E-state index < -0.39 is 18.0 Å². The second-order valence-corrected chi connectivity index (χ2v) is 16.0. The lowest BCUT2D eigenvalue weighted by Crippen LogP contribution is -2.41. The van der Waals surface area contributed by atoms with Gasteiger partial charge in [-0.25, -0.2) is 4.79 Å². The molecule has 0 radical (unpaired) electrons. The molecule has 0 bridgehead atoms. The number of rotatable bonds is 46. The largest absolute Gasteiger partial charge is 0.481 e. The number of carboxylic acid groups (broad SMARTS) is 2. The van der Waals surface area contributed by atoms with Crippen molar-refractivity contribution in [3.05, 3.63) is 0 Å². The van der Waals surface area contributed by atoms with Crippen molar-refractivity contribution in [2.75, 3.05) is 72.5 Å². The van der Waals surface area contributed by atoms with Crippen LogP contribution < -0.4 is 21.7 Å². The van der Waals surface area contributed by atoms with Crippen molar-refractivity contribution in [1.29, 1.82) is 0 Å². The molecule has 0 heterocycles. The topological polar surface area (TPSA) is 259 Å². The van der Waals surface area contributed by atoms with Crippen LogP contribution in [0.4, 0.5) is 0 Å². The van der Waals surface area contributed by atoms with Gasteiger partial charge in [0.2, 0.25) is 17.7 Å². The smallest absolute Gasteiger partial charge is 0.326 e. The molecular formula is C47H88N4O13. The van der Waals surface area contributed by atoms with Crippen LogP contribution in [0.3, 0.4) is 0 Å². The molecule has 0 fully saturated rings. The van der Waals surface area contributed by atoms with E-state index >= 15 is 0 Å². The highest BCUT2D eigenvalue weighted by molar-refractivity contribution is 5.85. The Kier molecular flexibility index (Phi) is 46.4. The van der Waals surface area contributed by atoms with Crippen LogP contribution in [0.5, 0.6) is 0 Å². The number of nitrogens with one attached hydrogen (secondary N) is 3. The summed E-state index contributed by atoms with van der Waals surface area (Å²) in [7, 11) is 0. The van der Waals surface area contributed by atoms with Crippen molar-refractivity contribution in [2.24, 2.45) is 11.7 Å². The molecule has 3 amide bonds. The SMILES string of the molecule is CCOCC(=O)NCCOCCOCC(=O)NCCCC[C@H](CC)C(=O)CN.CCOCCCC(=O)CC[C@H](NC(=O)CCCCCCCCCCCCCCCCC(=O)O)C(=O)O. The normalized spacial score (nSPS) is 11.8. The van der Waals surface area contributed by atoms with Crippen molar-refractivity contribution in [3.63, 3.8) is 0 Å². The van der Waals surface area contributed by atoms with E-state index in [1.165, 1.54) is 44.9 Å². The zero-order chi connectivity index (χ0) is 47.9. The fourth-order valence-corrected chi connectivity index (χ4v) is 6.60. The highest BCUT2D eigenvalue weighted by Gasteiger charge is 2.21. The van der Waals surface area contributed by atoms with Gasteiger partial charge in [-0.15, -0.1) is 0 Å². The van der Waals surface area contributed by atoms with Crippen molar-refractivity contribution in [1.82, 2.24) is 16.0 Å². The molecule has 0 aliphatic carbocycles. The predicted molar refractivity (Wildman–Crippen MR) is 247 cm³/mol. The minimum atomic E-state index is -1.10. The summed E-state index contributed by atoms with van der Waals surface area (Å²) in [4.78, 5) is 80.3. The van der Waals surface area contributed by atoms with E-state index in [9.17, 15) is 38.7 Å². The third-order valence-electron chi connectivity index (χ3n) is 10.4. The maximum Gasteiger partial charge on any atom is 0.326 e. The van der Waals surface area contributed by atoms with Gasteiger partial charge in [0.1, 0.15) is 30.8 Å². The Bertz CT molecular complexity index is 1210. The minimum Gasteiger partial charge on any atom is -0.481 e. The zero-order valence-electron chi connectivity index (χ0n) is 39.9. The number of nitrogens with two attached hydrogens (primary N) is 1. The Hall–Kier alpha value is -3.51. The number of carbonyl (C=O) groups excluding carboxylic acids is 5. The summed E-state index contributed by atoms with van der Waals surface area (Å²) in [5.74, 6) is -2.26. The van der Waals surface area contributed by atoms with E-state index in [0.29, 0.717) is 72.0 Å². The van der Waals surface area contributed by atoms with Crippen molar-refractivity contribution >= 4 is 41.2 Å². The van der Waals surface area contributed by atoms with E-state index in [1.807, 2.05) is 20.8 Å². The lowest BCUT2D eigenvalue weighted by Gasteiger charge is -2.14. The highest BCUT2D eigenvalue weighted by atomic mass is 16.5. The van der Waals surface area contributed by atoms with Crippen LogP contribution in [-0.2, 0) is 52.5 Å². The lowest BCUT2D eigenvalue weighted by molar-refractivity contribution is -0.142. The van der Waals surface area contributed by atoms with Crippen LogP contribution >= 0.6 is 0 Å². The fourth-order valence-electron chi connectivity index (χ4n) is 6.60. The maximum atomic E-state index is 12.1. The van der Waals surface area contributed by atoms with Gasteiger partial charge in [-0.05, 0) is 58.8 Å². The first kappa shape index (κ1) is 62.6. The summed E-state index contributed by atoms with van der Waals surface area (Å²) < 4.78 is 20.7. The number of carbonyl (C=O) groups is 7.